The molecule has 2 aromatic carbocycles. The van der Waals surface area contributed by atoms with Gasteiger partial charge in [0.25, 0.3) is 5.91 Å². The summed E-state index contributed by atoms with van der Waals surface area (Å²) in [4.78, 5) is 27.7. The van der Waals surface area contributed by atoms with Crippen LogP contribution in [0.15, 0.2) is 42.5 Å². The van der Waals surface area contributed by atoms with Crippen molar-refractivity contribution in [2.75, 3.05) is 26.2 Å². The van der Waals surface area contributed by atoms with Gasteiger partial charge in [0, 0.05) is 47.8 Å². The Bertz CT molecular complexity index is 1240. The van der Waals surface area contributed by atoms with Crippen LogP contribution in [0.1, 0.15) is 18.1 Å². The Balaban J connectivity index is 1.59. The van der Waals surface area contributed by atoms with Crippen molar-refractivity contribution in [2.45, 2.75) is 31.4 Å². The highest BCUT2D eigenvalue weighted by molar-refractivity contribution is 7.89. The van der Waals surface area contributed by atoms with Gasteiger partial charge < -0.3 is 9.64 Å². The van der Waals surface area contributed by atoms with Gasteiger partial charge in [-0.05, 0) is 42.8 Å². The molecule has 2 aromatic rings. The van der Waals surface area contributed by atoms with Crippen molar-refractivity contribution in [3.63, 3.8) is 0 Å². The summed E-state index contributed by atoms with van der Waals surface area (Å²) in [6.07, 6.45) is -5.37. The Morgan fingerprint density at radius 3 is 2.35 bits per heavy atom. The van der Waals surface area contributed by atoms with E-state index in [0.29, 0.717) is 31.2 Å². The molecule has 1 saturated heterocycles. The lowest BCUT2D eigenvalue weighted by atomic mass is 10.1. The quantitative estimate of drug-likeness (QED) is 0.511. The molecule has 3 rings (SSSR count). The third-order valence-corrected chi connectivity index (χ3v) is 7.25. The molecular weight excluding hydrogens is 558 g/mol. The zero-order valence-corrected chi connectivity index (χ0v) is 21.9. The van der Waals surface area contributed by atoms with Gasteiger partial charge in [-0.1, -0.05) is 35.3 Å². The van der Waals surface area contributed by atoms with Crippen LogP contribution in [0.4, 0.5) is 13.2 Å². The topological polar surface area (TPSA) is 96.0 Å². The number of carbonyl (C=O) groups excluding carboxylic acids is 2. The predicted molar refractivity (Wildman–Crippen MR) is 132 cm³/mol. The summed E-state index contributed by atoms with van der Waals surface area (Å²) < 4.78 is 68.1. The van der Waals surface area contributed by atoms with Crippen molar-refractivity contribution in [1.29, 1.82) is 0 Å². The number of benzene rings is 2. The Hall–Kier alpha value is -2.54. The fourth-order valence-electron chi connectivity index (χ4n) is 3.86. The van der Waals surface area contributed by atoms with Gasteiger partial charge in [0.2, 0.25) is 10.0 Å². The van der Waals surface area contributed by atoms with Crippen molar-refractivity contribution in [3.8, 4) is 5.75 Å². The second-order valence-corrected chi connectivity index (χ2v) is 11.1. The maximum absolute atomic E-state index is 12.8. The molecule has 8 nitrogen and oxygen atoms in total. The van der Waals surface area contributed by atoms with Crippen molar-refractivity contribution < 1.29 is 35.9 Å². The molecule has 1 aliphatic heterocycles. The minimum Gasteiger partial charge on any atom is -0.483 e. The van der Waals surface area contributed by atoms with E-state index >= 15 is 0 Å². The van der Waals surface area contributed by atoms with Gasteiger partial charge in [0.1, 0.15) is 5.75 Å². The Morgan fingerprint density at radius 2 is 1.73 bits per heavy atom. The smallest absolute Gasteiger partial charge is 0.472 e. The van der Waals surface area contributed by atoms with Crippen LogP contribution in [0.3, 0.4) is 0 Å². The SMILES string of the molecule is C[C@@H]1CN(Cc2ccc(Cl)cc2)CCN1C(=O)COc1ccc(Cl)cc1CS(=O)(=O)NC(=O)C(F)(F)F. The number of ether oxygens (including phenoxy) is 1. The number of nitrogens with zero attached hydrogens (tertiary/aromatic N) is 2. The zero-order chi connectivity index (χ0) is 27.4. The molecule has 0 unspecified atom stereocenters. The lowest BCUT2D eigenvalue weighted by molar-refractivity contribution is -0.171. The normalized spacial score (nSPS) is 16.9. The van der Waals surface area contributed by atoms with E-state index in [1.165, 1.54) is 18.2 Å². The molecule has 37 heavy (non-hydrogen) atoms. The molecule has 1 aliphatic rings. The first-order chi connectivity index (χ1) is 17.2. The molecule has 14 heteroatoms. The van der Waals surface area contributed by atoms with Crippen LogP contribution >= 0.6 is 23.2 Å². The van der Waals surface area contributed by atoms with Crippen LogP contribution in [-0.2, 0) is 31.9 Å². The highest BCUT2D eigenvalue weighted by Crippen LogP contribution is 2.26. The molecule has 202 valence electrons. The molecule has 0 aromatic heterocycles. The van der Waals surface area contributed by atoms with Crippen LogP contribution < -0.4 is 9.46 Å². The summed E-state index contributed by atoms with van der Waals surface area (Å²) >= 11 is 11.8. The Kier molecular flexibility index (Phi) is 9.32. The molecule has 0 spiro atoms. The van der Waals surface area contributed by atoms with E-state index < -0.39 is 34.5 Å². The largest absolute Gasteiger partial charge is 0.483 e. The maximum Gasteiger partial charge on any atom is 0.472 e. The molecule has 0 radical (unpaired) electrons. The maximum atomic E-state index is 12.8. The number of carbonyl (C=O) groups is 2. The van der Waals surface area contributed by atoms with Gasteiger partial charge in [0.15, 0.2) is 6.61 Å². The highest BCUT2D eigenvalue weighted by atomic mass is 35.5. The van der Waals surface area contributed by atoms with E-state index in [9.17, 15) is 31.2 Å². The fourth-order valence-corrected chi connectivity index (χ4v) is 5.29. The minimum absolute atomic E-state index is 0.0587. The van der Waals surface area contributed by atoms with E-state index in [-0.39, 0.29) is 28.3 Å². The van der Waals surface area contributed by atoms with Gasteiger partial charge in [-0.25, -0.2) is 13.1 Å². The van der Waals surface area contributed by atoms with Gasteiger partial charge in [0.05, 0.1) is 5.75 Å². The summed E-state index contributed by atoms with van der Waals surface area (Å²) in [5.41, 5.74) is 0.986. The van der Waals surface area contributed by atoms with E-state index in [2.05, 4.69) is 4.90 Å². The van der Waals surface area contributed by atoms with Crippen molar-refractivity contribution in [3.05, 3.63) is 63.6 Å². The van der Waals surface area contributed by atoms with Gasteiger partial charge >= 0.3 is 12.1 Å². The third-order valence-electron chi connectivity index (χ3n) is 5.58. The fraction of sp³-hybridized carbons (Fsp3) is 0.391. The number of nitrogens with one attached hydrogen (secondary N) is 1. The molecule has 1 heterocycles. The number of sulfonamides is 1. The Labute approximate surface area is 222 Å². The van der Waals surface area contributed by atoms with E-state index in [1.807, 2.05) is 31.2 Å². The molecular formula is C23H24Cl2F3N3O5S. The number of hydrogen-bond acceptors (Lipinski definition) is 6. The Morgan fingerprint density at radius 1 is 1.08 bits per heavy atom. The predicted octanol–water partition coefficient (Wildman–Crippen LogP) is 3.61. The number of rotatable bonds is 8. The van der Waals surface area contributed by atoms with Gasteiger partial charge in [-0.3, -0.25) is 14.5 Å². The van der Waals surface area contributed by atoms with E-state index in [4.69, 9.17) is 27.9 Å². The van der Waals surface area contributed by atoms with Crippen molar-refractivity contribution >= 4 is 45.0 Å². The van der Waals surface area contributed by atoms with Crippen molar-refractivity contribution in [1.82, 2.24) is 14.5 Å². The highest BCUT2D eigenvalue weighted by Gasteiger charge is 2.41. The molecule has 2 amide bonds. The van der Waals surface area contributed by atoms with Crippen LogP contribution in [0.5, 0.6) is 5.75 Å². The molecule has 1 fully saturated rings. The number of amides is 2. The zero-order valence-electron chi connectivity index (χ0n) is 19.6. The molecule has 0 saturated carbocycles. The van der Waals surface area contributed by atoms with Crippen molar-refractivity contribution in [2.24, 2.45) is 0 Å². The first-order valence-electron chi connectivity index (χ1n) is 11.0. The average molecular weight is 582 g/mol. The summed E-state index contributed by atoms with van der Waals surface area (Å²) in [6.45, 7) is 3.87. The van der Waals surface area contributed by atoms with Gasteiger partial charge in [-0.15, -0.1) is 0 Å². The molecule has 0 bridgehead atoms. The van der Waals surface area contributed by atoms with Crippen LogP contribution in [-0.4, -0.2) is 68.5 Å². The summed E-state index contributed by atoms with van der Waals surface area (Å²) in [6, 6.07) is 11.3. The average Bonchev–Trinajstić information content (AvgIpc) is 2.79. The minimum atomic E-state index is -5.37. The number of hydrogen-bond donors (Lipinski definition) is 1. The number of halogens is 5. The van der Waals surface area contributed by atoms with Crippen LogP contribution in [0, 0.1) is 0 Å². The first kappa shape index (κ1) is 29.0. The number of alkyl halides is 3. The second-order valence-electron chi connectivity index (χ2n) is 8.53. The molecule has 0 aliphatic carbocycles. The standard InChI is InChI=1S/C23H24Cl2F3N3O5S/c1-15-11-30(12-16-2-4-18(24)5-3-16)8-9-31(15)21(32)13-36-20-7-6-19(25)10-17(20)14-37(34,35)29-22(33)23(26,27)28/h2-7,10,15H,8-9,11-14H2,1H3,(H,29,33)/t15-/m1/s1. The second kappa shape index (κ2) is 11.9. The lowest BCUT2D eigenvalue weighted by Crippen LogP contribution is -2.54. The number of piperazine rings is 1. The first-order valence-corrected chi connectivity index (χ1v) is 13.4. The monoisotopic (exact) mass is 581 g/mol. The van der Waals surface area contributed by atoms with E-state index in [0.717, 1.165) is 10.3 Å². The van der Waals surface area contributed by atoms with Crippen LogP contribution in [0.25, 0.3) is 0 Å². The summed E-state index contributed by atoms with van der Waals surface area (Å²) in [5.74, 6) is -4.03. The third kappa shape index (κ3) is 8.49. The van der Waals surface area contributed by atoms with Gasteiger partial charge in [-0.2, -0.15) is 13.2 Å². The molecule has 1 atom stereocenters. The van der Waals surface area contributed by atoms with E-state index in [1.54, 1.807) is 4.90 Å². The summed E-state index contributed by atoms with van der Waals surface area (Å²) in [5, 5.41) is 0.747. The summed E-state index contributed by atoms with van der Waals surface area (Å²) in [7, 11) is -4.72. The molecule has 1 N–H and O–H groups in total. The van der Waals surface area contributed by atoms with Crippen LogP contribution in [0.2, 0.25) is 10.0 Å². The lowest BCUT2D eigenvalue weighted by Gasteiger charge is -2.40.